The van der Waals surface area contributed by atoms with Gasteiger partial charge in [-0.25, -0.2) is 0 Å². The quantitative estimate of drug-likeness (QED) is 0.638. The number of benzene rings is 2. The van der Waals surface area contributed by atoms with Crippen LogP contribution in [0, 0.1) is 0 Å². The molecule has 0 aliphatic heterocycles. The van der Waals surface area contributed by atoms with Crippen molar-refractivity contribution in [3.63, 3.8) is 0 Å². The number of nitrogen functional groups attached to an aromatic ring is 1. The van der Waals surface area contributed by atoms with Gasteiger partial charge in [0, 0.05) is 16.3 Å². The lowest BCUT2D eigenvalue weighted by Crippen LogP contribution is -2.22. The minimum atomic E-state index is -0.246. The molecular weight excluding hydrogens is 320 g/mol. The van der Waals surface area contributed by atoms with Crippen molar-refractivity contribution in [3.05, 3.63) is 47.5 Å². The molecule has 116 valence electrons. The maximum absolute atomic E-state index is 12.2. The van der Waals surface area contributed by atoms with Gasteiger partial charge in [0.25, 0.3) is 0 Å². The molecule has 2 aromatic carbocycles. The third-order valence-corrected chi connectivity index (χ3v) is 4.39. The van der Waals surface area contributed by atoms with E-state index in [1.165, 1.54) is 11.8 Å². The Morgan fingerprint density at radius 2 is 1.95 bits per heavy atom. The van der Waals surface area contributed by atoms with E-state index >= 15 is 0 Å². The van der Waals surface area contributed by atoms with Crippen molar-refractivity contribution < 1.29 is 9.53 Å². The fraction of sp³-hybridized carbons (Fsp3) is 0.188. The van der Waals surface area contributed by atoms with Crippen molar-refractivity contribution >= 4 is 40.6 Å². The van der Waals surface area contributed by atoms with Gasteiger partial charge in [0.15, 0.2) is 0 Å². The number of thioether (sulfide) groups is 1. The molecule has 0 saturated heterocycles. The second-order valence-corrected chi connectivity index (χ2v) is 6.49. The fourth-order valence-corrected chi connectivity index (χ4v) is 2.92. The summed E-state index contributed by atoms with van der Waals surface area (Å²) in [6.45, 7) is 1.85. The number of amides is 1. The monoisotopic (exact) mass is 336 g/mol. The Morgan fingerprint density at radius 3 is 2.55 bits per heavy atom. The topological polar surface area (TPSA) is 64.3 Å². The summed E-state index contributed by atoms with van der Waals surface area (Å²) in [7, 11) is 1.55. The number of carbonyl (C=O) groups excluding carboxylic acids is 1. The number of ether oxygens (including phenoxy) is 1. The average molecular weight is 337 g/mol. The average Bonchev–Trinajstić information content (AvgIpc) is 2.49. The zero-order valence-corrected chi connectivity index (χ0v) is 13.9. The Morgan fingerprint density at radius 1 is 1.27 bits per heavy atom. The maximum atomic E-state index is 12.2. The van der Waals surface area contributed by atoms with E-state index < -0.39 is 0 Å². The van der Waals surface area contributed by atoms with Crippen molar-refractivity contribution in [2.24, 2.45) is 0 Å². The van der Waals surface area contributed by atoms with Crippen LogP contribution in [0.3, 0.4) is 0 Å². The van der Waals surface area contributed by atoms with Gasteiger partial charge in [-0.2, -0.15) is 0 Å². The first-order chi connectivity index (χ1) is 10.5. The Hall–Kier alpha value is -1.85. The number of anilines is 2. The highest BCUT2D eigenvalue weighted by atomic mass is 35.5. The van der Waals surface area contributed by atoms with Crippen molar-refractivity contribution in [1.82, 2.24) is 0 Å². The second kappa shape index (κ2) is 7.42. The van der Waals surface area contributed by atoms with Crippen LogP contribution < -0.4 is 15.8 Å². The summed E-state index contributed by atoms with van der Waals surface area (Å²) in [5.41, 5.74) is 6.99. The number of nitrogens with one attached hydrogen (secondary N) is 1. The van der Waals surface area contributed by atoms with E-state index in [9.17, 15) is 4.79 Å². The summed E-state index contributed by atoms with van der Waals surface area (Å²) in [5.74, 6) is 0.479. The molecule has 0 aromatic heterocycles. The second-order valence-electron chi connectivity index (χ2n) is 4.67. The lowest BCUT2D eigenvalue weighted by molar-refractivity contribution is -0.115. The predicted molar refractivity (Wildman–Crippen MR) is 92.8 cm³/mol. The molecule has 0 unspecified atom stereocenters. The van der Waals surface area contributed by atoms with E-state index in [1.807, 2.05) is 31.2 Å². The number of hydrogen-bond acceptors (Lipinski definition) is 4. The van der Waals surface area contributed by atoms with E-state index in [2.05, 4.69) is 5.32 Å². The minimum Gasteiger partial charge on any atom is -0.495 e. The summed E-state index contributed by atoms with van der Waals surface area (Å²) < 4.78 is 5.08. The third-order valence-electron chi connectivity index (χ3n) is 2.98. The molecule has 0 spiro atoms. The Kier molecular flexibility index (Phi) is 5.57. The Labute approximate surface area is 139 Å². The molecule has 6 heteroatoms. The van der Waals surface area contributed by atoms with Gasteiger partial charge >= 0.3 is 0 Å². The SMILES string of the molecule is COc1ccc(NC(=O)[C@H](C)Sc2ccc(N)cc2)cc1Cl. The molecule has 0 fully saturated rings. The van der Waals surface area contributed by atoms with Gasteiger partial charge in [-0.1, -0.05) is 11.6 Å². The summed E-state index contributed by atoms with van der Waals surface area (Å²) in [6, 6.07) is 12.6. The molecule has 4 nitrogen and oxygen atoms in total. The van der Waals surface area contributed by atoms with E-state index in [-0.39, 0.29) is 11.2 Å². The van der Waals surface area contributed by atoms with Crippen LogP contribution in [-0.2, 0) is 4.79 Å². The molecule has 3 N–H and O–H groups in total. The number of hydrogen-bond donors (Lipinski definition) is 2. The minimum absolute atomic E-state index is 0.0944. The molecule has 0 bridgehead atoms. The van der Waals surface area contributed by atoms with Crippen LogP contribution in [0.2, 0.25) is 5.02 Å². The van der Waals surface area contributed by atoms with Gasteiger partial charge in [0.05, 0.1) is 17.4 Å². The van der Waals surface area contributed by atoms with Gasteiger partial charge in [-0.05, 0) is 49.4 Å². The van der Waals surface area contributed by atoms with E-state index in [1.54, 1.807) is 25.3 Å². The van der Waals surface area contributed by atoms with Crippen molar-refractivity contribution in [2.75, 3.05) is 18.2 Å². The van der Waals surface area contributed by atoms with Crippen molar-refractivity contribution in [3.8, 4) is 5.75 Å². The van der Waals surface area contributed by atoms with Crippen LogP contribution in [0.5, 0.6) is 5.75 Å². The fourth-order valence-electron chi connectivity index (χ4n) is 1.79. The summed E-state index contributed by atoms with van der Waals surface area (Å²) in [6.07, 6.45) is 0. The van der Waals surface area contributed by atoms with Gasteiger partial charge in [-0.3, -0.25) is 4.79 Å². The molecule has 1 amide bonds. The number of carbonyl (C=O) groups is 1. The van der Waals surface area contributed by atoms with Crippen LogP contribution >= 0.6 is 23.4 Å². The van der Waals surface area contributed by atoms with Gasteiger partial charge < -0.3 is 15.8 Å². The number of methoxy groups -OCH3 is 1. The highest BCUT2D eigenvalue weighted by Crippen LogP contribution is 2.28. The zero-order chi connectivity index (χ0) is 16.1. The smallest absolute Gasteiger partial charge is 0.237 e. The molecule has 1 atom stereocenters. The number of rotatable bonds is 5. The van der Waals surface area contributed by atoms with Crippen LogP contribution in [0.25, 0.3) is 0 Å². The molecule has 0 aliphatic rings. The molecule has 22 heavy (non-hydrogen) atoms. The van der Waals surface area contributed by atoms with Gasteiger partial charge in [0.1, 0.15) is 5.75 Å². The van der Waals surface area contributed by atoms with Crippen LogP contribution in [0.15, 0.2) is 47.4 Å². The molecule has 0 saturated carbocycles. The molecule has 2 rings (SSSR count). The summed E-state index contributed by atoms with van der Waals surface area (Å²) >= 11 is 7.51. The number of halogens is 1. The first-order valence-electron chi connectivity index (χ1n) is 6.66. The van der Waals surface area contributed by atoms with Crippen LogP contribution in [0.1, 0.15) is 6.92 Å². The normalized spacial score (nSPS) is 11.8. The Bertz CT molecular complexity index is 662. The molecular formula is C16H17ClN2O2S. The Balaban J connectivity index is 1.99. The van der Waals surface area contributed by atoms with Crippen LogP contribution in [-0.4, -0.2) is 18.3 Å². The molecule has 2 aromatic rings. The van der Waals surface area contributed by atoms with Crippen molar-refractivity contribution in [2.45, 2.75) is 17.1 Å². The van der Waals surface area contributed by atoms with Crippen LogP contribution in [0.4, 0.5) is 11.4 Å². The number of nitrogens with two attached hydrogens (primary N) is 1. The first-order valence-corrected chi connectivity index (χ1v) is 7.92. The lowest BCUT2D eigenvalue weighted by atomic mass is 10.3. The molecule has 0 aliphatic carbocycles. The third kappa shape index (κ3) is 4.32. The maximum Gasteiger partial charge on any atom is 0.237 e. The predicted octanol–water partition coefficient (Wildman–Crippen LogP) is 4.05. The highest BCUT2D eigenvalue weighted by molar-refractivity contribution is 8.00. The van der Waals surface area contributed by atoms with E-state index in [0.717, 1.165) is 4.90 Å². The van der Waals surface area contributed by atoms with Gasteiger partial charge in [0.2, 0.25) is 5.91 Å². The lowest BCUT2D eigenvalue weighted by Gasteiger charge is -2.13. The van der Waals surface area contributed by atoms with Crippen molar-refractivity contribution in [1.29, 1.82) is 0 Å². The standard InChI is InChI=1S/C16H17ClN2O2S/c1-10(22-13-6-3-11(18)4-7-13)16(20)19-12-5-8-15(21-2)14(17)9-12/h3-10H,18H2,1-2H3,(H,19,20)/t10-/m0/s1. The van der Waals surface area contributed by atoms with E-state index in [4.69, 9.17) is 22.1 Å². The van der Waals surface area contributed by atoms with E-state index in [0.29, 0.717) is 22.1 Å². The largest absolute Gasteiger partial charge is 0.495 e. The summed E-state index contributed by atoms with van der Waals surface area (Å²) in [4.78, 5) is 13.2. The molecule has 0 heterocycles. The summed E-state index contributed by atoms with van der Waals surface area (Å²) in [5, 5.41) is 3.05. The molecule has 0 radical (unpaired) electrons. The van der Waals surface area contributed by atoms with Gasteiger partial charge in [-0.15, -0.1) is 11.8 Å². The zero-order valence-electron chi connectivity index (χ0n) is 12.3. The first kappa shape index (κ1) is 16.5. The highest BCUT2D eigenvalue weighted by Gasteiger charge is 2.15.